The van der Waals surface area contributed by atoms with E-state index < -0.39 is 23.7 Å². The highest BCUT2D eigenvalue weighted by atomic mass is 35.5. The molecule has 0 aromatic carbocycles. The van der Waals surface area contributed by atoms with E-state index >= 15 is 0 Å². The summed E-state index contributed by atoms with van der Waals surface area (Å²) in [7, 11) is 0. The Bertz CT molecular complexity index is 1010. The lowest BCUT2D eigenvalue weighted by molar-refractivity contribution is -0.137. The number of alkyl halides is 3. The number of fused-ring (bicyclic) bond motifs is 1. The number of pyridine rings is 1. The average molecular weight is 450 g/mol. The third-order valence-electron chi connectivity index (χ3n) is 3.34. The summed E-state index contributed by atoms with van der Waals surface area (Å²) in [6, 6.07) is 3.75. The first-order valence-corrected chi connectivity index (χ1v) is 9.82. The van der Waals surface area contributed by atoms with Gasteiger partial charge in [0.1, 0.15) is 0 Å². The Kier molecular flexibility index (Phi) is 6.10. The second kappa shape index (κ2) is 8.37. The van der Waals surface area contributed by atoms with Crippen LogP contribution in [0.5, 0.6) is 0 Å². The van der Waals surface area contributed by atoms with Crippen molar-refractivity contribution in [1.82, 2.24) is 25.2 Å². The van der Waals surface area contributed by atoms with Gasteiger partial charge in [-0.2, -0.15) is 13.2 Å². The summed E-state index contributed by atoms with van der Waals surface area (Å²) >= 11 is 8.11. The molecule has 0 saturated heterocycles. The van der Waals surface area contributed by atoms with E-state index in [1.54, 1.807) is 0 Å². The molecule has 3 rings (SSSR count). The quantitative estimate of drug-likeness (QED) is 0.581. The van der Waals surface area contributed by atoms with E-state index in [2.05, 4.69) is 20.8 Å². The molecule has 3 aromatic heterocycles. The van der Waals surface area contributed by atoms with Crippen molar-refractivity contribution in [3.63, 3.8) is 0 Å². The summed E-state index contributed by atoms with van der Waals surface area (Å²) in [5, 5.41) is 13.8. The predicted molar refractivity (Wildman–Crippen MR) is 98.4 cm³/mol. The van der Waals surface area contributed by atoms with Gasteiger partial charge in [0.25, 0.3) is 0 Å². The lowest BCUT2D eigenvalue weighted by Gasteiger charge is -2.09. The Hall–Kier alpha value is -2.31. The Morgan fingerprint density at radius 3 is 2.79 bits per heavy atom. The fraction of sp³-hybridized carbons (Fsp3) is 0.200. The van der Waals surface area contributed by atoms with E-state index in [0.29, 0.717) is 0 Å². The molecule has 148 valence electrons. The Morgan fingerprint density at radius 1 is 1.32 bits per heavy atom. The molecule has 0 saturated carbocycles. The first-order chi connectivity index (χ1) is 13.2. The van der Waals surface area contributed by atoms with Crippen LogP contribution in [0.1, 0.15) is 10.4 Å². The topological polar surface area (TPSA) is 88.4 Å². The van der Waals surface area contributed by atoms with Crippen molar-refractivity contribution in [1.29, 1.82) is 0 Å². The van der Waals surface area contributed by atoms with Gasteiger partial charge >= 0.3 is 12.2 Å². The largest absolute Gasteiger partial charge is 0.417 e. The highest BCUT2D eigenvalue weighted by Gasteiger charge is 2.32. The molecule has 28 heavy (non-hydrogen) atoms. The van der Waals surface area contributed by atoms with Crippen molar-refractivity contribution < 1.29 is 22.8 Å². The van der Waals surface area contributed by atoms with Crippen LogP contribution < -0.4 is 10.6 Å². The second-order valence-electron chi connectivity index (χ2n) is 5.35. The number of amides is 3. The van der Waals surface area contributed by atoms with Crippen LogP contribution in [0.3, 0.4) is 0 Å². The van der Waals surface area contributed by atoms with Crippen LogP contribution in [-0.4, -0.2) is 32.3 Å². The summed E-state index contributed by atoms with van der Waals surface area (Å²) in [5.74, 6) is -0.885. The molecule has 0 unspecified atom stereocenters. The summed E-state index contributed by atoms with van der Waals surface area (Å²) in [6.07, 6.45) is -3.79. The van der Waals surface area contributed by atoms with Gasteiger partial charge in [0.05, 0.1) is 22.9 Å². The van der Waals surface area contributed by atoms with E-state index in [9.17, 15) is 22.8 Å². The summed E-state index contributed by atoms with van der Waals surface area (Å²) < 4.78 is 39.9. The highest BCUT2D eigenvalue weighted by Crippen LogP contribution is 2.33. The second-order valence-corrected chi connectivity index (χ2v) is 7.73. The molecule has 0 aliphatic carbocycles. The summed E-state index contributed by atoms with van der Waals surface area (Å²) in [6.45, 7) is 0.275. The van der Waals surface area contributed by atoms with Crippen LogP contribution in [0.4, 0.5) is 18.0 Å². The molecule has 7 nitrogen and oxygen atoms in total. The Morgan fingerprint density at radius 2 is 2.11 bits per heavy atom. The number of aromatic nitrogens is 3. The van der Waals surface area contributed by atoms with Crippen molar-refractivity contribution >= 4 is 52.3 Å². The normalized spacial score (nSPS) is 11.6. The van der Waals surface area contributed by atoms with Crippen LogP contribution in [0, 0.1) is 0 Å². The molecule has 3 amide bonds. The van der Waals surface area contributed by atoms with Gasteiger partial charge in [-0.1, -0.05) is 29.4 Å². The van der Waals surface area contributed by atoms with Crippen molar-refractivity contribution in [2.24, 2.45) is 0 Å². The number of urea groups is 1. The van der Waals surface area contributed by atoms with Crippen molar-refractivity contribution in [2.75, 3.05) is 5.75 Å². The molecule has 0 spiro atoms. The van der Waals surface area contributed by atoms with Gasteiger partial charge in [-0.05, 0) is 17.5 Å². The van der Waals surface area contributed by atoms with Gasteiger partial charge < -0.3 is 5.32 Å². The summed E-state index contributed by atoms with van der Waals surface area (Å²) in [4.78, 5) is 24.5. The highest BCUT2D eigenvalue weighted by molar-refractivity contribution is 7.99. The molecule has 0 aliphatic heterocycles. The maximum absolute atomic E-state index is 12.9. The van der Waals surface area contributed by atoms with E-state index in [0.717, 1.165) is 33.3 Å². The monoisotopic (exact) mass is 449 g/mol. The number of imide groups is 1. The van der Waals surface area contributed by atoms with Crippen LogP contribution in [-0.2, 0) is 17.5 Å². The number of carbonyl (C=O) groups excluding carboxylic acids is 2. The maximum atomic E-state index is 12.9. The molecule has 3 heterocycles. The molecular formula is C15H11ClF3N5O2S2. The van der Waals surface area contributed by atoms with Crippen molar-refractivity contribution in [3.8, 4) is 0 Å². The third-order valence-corrected chi connectivity index (χ3v) is 5.44. The molecule has 0 bridgehead atoms. The molecule has 2 N–H and O–H groups in total. The Labute approximate surface area is 169 Å². The molecule has 0 atom stereocenters. The predicted octanol–water partition coefficient (Wildman–Crippen LogP) is 3.58. The lowest BCUT2D eigenvalue weighted by atomic mass is 10.3. The van der Waals surface area contributed by atoms with E-state index in [-0.39, 0.29) is 28.1 Å². The molecule has 0 aliphatic rings. The first-order valence-electron chi connectivity index (χ1n) is 7.58. The SMILES string of the molecule is O=C(CSc1nnc2c(Cl)cc(C(F)(F)F)cn12)NC(=O)NCc1cccs1. The van der Waals surface area contributed by atoms with Crippen LogP contribution >= 0.6 is 34.7 Å². The van der Waals surface area contributed by atoms with Gasteiger partial charge in [-0.3, -0.25) is 14.5 Å². The van der Waals surface area contributed by atoms with E-state index in [1.807, 2.05) is 17.5 Å². The van der Waals surface area contributed by atoms with Crippen LogP contribution in [0.2, 0.25) is 5.02 Å². The number of hydrogen-bond acceptors (Lipinski definition) is 6. The van der Waals surface area contributed by atoms with Gasteiger partial charge in [0.2, 0.25) is 5.91 Å². The Balaban J connectivity index is 1.60. The zero-order valence-electron chi connectivity index (χ0n) is 13.8. The number of thiophene rings is 1. The minimum atomic E-state index is -4.60. The van der Waals surface area contributed by atoms with E-state index in [4.69, 9.17) is 11.6 Å². The van der Waals surface area contributed by atoms with Crippen molar-refractivity contribution in [3.05, 3.63) is 45.2 Å². The first kappa shape index (κ1) is 20.4. The molecular weight excluding hydrogens is 439 g/mol. The fourth-order valence-electron chi connectivity index (χ4n) is 2.10. The fourth-order valence-corrected chi connectivity index (χ4v) is 3.70. The molecule has 0 fully saturated rings. The van der Waals surface area contributed by atoms with Crippen molar-refractivity contribution in [2.45, 2.75) is 17.9 Å². The maximum Gasteiger partial charge on any atom is 0.417 e. The zero-order chi connectivity index (χ0) is 20.3. The van der Waals surface area contributed by atoms with Crippen LogP contribution in [0.15, 0.2) is 34.9 Å². The standard InChI is InChI=1S/C15H11ClF3N5O2S2/c16-10-4-8(15(17,18)19)6-24-12(10)22-23-14(24)28-7-11(25)21-13(26)20-5-9-2-1-3-27-9/h1-4,6H,5,7H2,(H2,20,21,25,26). The number of thioether (sulfide) groups is 1. The smallest absolute Gasteiger partial charge is 0.333 e. The third kappa shape index (κ3) is 4.94. The zero-order valence-corrected chi connectivity index (χ0v) is 16.2. The summed E-state index contributed by atoms with van der Waals surface area (Å²) in [5.41, 5.74) is -0.935. The minimum absolute atomic E-state index is 0.0336. The number of rotatable bonds is 5. The van der Waals surface area contributed by atoms with Gasteiger partial charge in [-0.25, -0.2) is 4.79 Å². The van der Waals surface area contributed by atoms with Gasteiger partial charge in [0.15, 0.2) is 10.8 Å². The van der Waals surface area contributed by atoms with E-state index in [1.165, 1.54) is 11.3 Å². The molecule has 3 aromatic rings. The number of carbonyl (C=O) groups is 2. The molecule has 13 heteroatoms. The van der Waals surface area contributed by atoms with Gasteiger partial charge in [0, 0.05) is 11.1 Å². The minimum Gasteiger partial charge on any atom is -0.333 e. The number of nitrogens with one attached hydrogen (secondary N) is 2. The molecule has 0 radical (unpaired) electrons. The van der Waals surface area contributed by atoms with Crippen LogP contribution in [0.25, 0.3) is 5.65 Å². The number of halogens is 4. The lowest BCUT2D eigenvalue weighted by Crippen LogP contribution is -2.39. The average Bonchev–Trinajstić information content (AvgIpc) is 3.27. The van der Waals surface area contributed by atoms with Gasteiger partial charge in [-0.15, -0.1) is 21.5 Å². The number of nitrogens with zero attached hydrogens (tertiary/aromatic N) is 3. The number of hydrogen-bond donors (Lipinski definition) is 2.